The van der Waals surface area contributed by atoms with Crippen molar-refractivity contribution in [2.45, 2.75) is 232 Å². The summed E-state index contributed by atoms with van der Waals surface area (Å²) in [4.78, 5) is 12.6. The smallest absolute Gasteiger partial charge is 0.379 e. The summed E-state index contributed by atoms with van der Waals surface area (Å²) in [5.41, 5.74) is 3.30. The van der Waals surface area contributed by atoms with Crippen LogP contribution in [0.3, 0.4) is 0 Å². The third-order valence-electron chi connectivity index (χ3n) is 11.1. The van der Waals surface area contributed by atoms with Crippen molar-refractivity contribution in [3.63, 3.8) is 0 Å². The molecule has 0 amide bonds. The maximum Gasteiger partial charge on any atom is 0.518 e. The zero-order valence-corrected chi connectivity index (χ0v) is 38.7. The fraction of sp³-hybridized carbons (Fsp3) is 0.978. The number of ether oxygens (including phenoxy) is 2. The van der Waals surface area contributed by atoms with Gasteiger partial charge in [-0.25, -0.2) is 5.48 Å². The van der Waals surface area contributed by atoms with Gasteiger partial charge in [-0.2, -0.15) is 0 Å². The predicted molar refractivity (Wildman–Crippen MR) is 239 cm³/mol. The fourth-order valence-electron chi connectivity index (χ4n) is 7.40. The molecule has 328 valence electrons. The molecule has 1 fully saturated rings. The van der Waals surface area contributed by atoms with E-state index in [0.29, 0.717) is 56.5 Å². The summed E-state index contributed by atoms with van der Waals surface area (Å²) < 4.78 is 30.6. The molecule has 0 spiro atoms. The molecule has 0 saturated carbocycles. The lowest BCUT2D eigenvalue weighted by atomic mass is 9.97. The van der Waals surface area contributed by atoms with Gasteiger partial charge in [-0.15, -0.1) is 0 Å². The van der Waals surface area contributed by atoms with Gasteiger partial charge in [-0.3, -0.25) is 9.32 Å². The van der Waals surface area contributed by atoms with E-state index in [4.69, 9.17) is 22.9 Å². The van der Waals surface area contributed by atoms with Crippen LogP contribution >= 0.6 is 11.8 Å². The second-order valence-electron chi connectivity index (χ2n) is 16.4. The number of hydrogen-bond donors (Lipinski definition) is 1. The number of hydrogen-bond acceptors (Lipinski definition) is 8. The van der Waals surface area contributed by atoms with Gasteiger partial charge in [0.2, 0.25) is 0 Å². The van der Waals surface area contributed by atoms with E-state index in [1.807, 2.05) is 0 Å². The molecule has 0 bridgehead atoms. The van der Waals surface area contributed by atoms with E-state index in [0.717, 1.165) is 51.0 Å². The molecule has 9 heteroatoms. The lowest BCUT2D eigenvalue weighted by molar-refractivity contribution is -0.111. The topological polar surface area (TPSA) is 75.3 Å². The van der Waals surface area contributed by atoms with E-state index in [1.165, 1.54) is 179 Å². The van der Waals surface area contributed by atoms with Gasteiger partial charge in [0.15, 0.2) is 5.12 Å². The van der Waals surface area contributed by atoms with Gasteiger partial charge in [0, 0.05) is 38.0 Å². The second-order valence-corrected chi connectivity index (χ2v) is 20.2. The summed E-state index contributed by atoms with van der Waals surface area (Å²) in [6, 6.07) is 0.711. The van der Waals surface area contributed by atoms with Crippen molar-refractivity contribution in [2.75, 3.05) is 51.9 Å². The van der Waals surface area contributed by atoms with Crippen molar-refractivity contribution < 1.29 is 27.6 Å². The average molecular weight is 816 g/mol. The summed E-state index contributed by atoms with van der Waals surface area (Å²) in [5.74, 6) is 1.35. The minimum atomic E-state index is -2.93. The second kappa shape index (κ2) is 42.1. The number of nitrogens with one attached hydrogen (secondary N) is 1. The highest BCUT2D eigenvalue weighted by atomic mass is 32.2. The largest absolute Gasteiger partial charge is 0.518 e. The first-order valence-corrected chi connectivity index (χ1v) is 27.1. The van der Waals surface area contributed by atoms with Crippen LogP contribution in [0.2, 0.25) is 6.04 Å². The van der Waals surface area contributed by atoms with Crippen LogP contribution in [0.25, 0.3) is 0 Å². The first kappa shape index (κ1) is 53.0. The summed E-state index contributed by atoms with van der Waals surface area (Å²) in [7, 11) is -2.93. The van der Waals surface area contributed by atoms with Crippen LogP contribution in [-0.2, 0) is 27.6 Å². The number of thioether (sulfide) groups is 1. The maximum atomic E-state index is 12.6. The zero-order chi connectivity index (χ0) is 39.6. The third kappa shape index (κ3) is 35.6. The molecule has 1 aliphatic rings. The lowest BCUT2D eigenvalue weighted by Gasteiger charge is -2.33. The Hall–Kier alpha value is -0.00312. The van der Waals surface area contributed by atoms with Gasteiger partial charge in [0.1, 0.15) is 0 Å². The van der Waals surface area contributed by atoms with Gasteiger partial charge in [-0.1, -0.05) is 199 Å². The Kier molecular flexibility index (Phi) is 40.6. The van der Waals surface area contributed by atoms with Crippen molar-refractivity contribution in [1.82, 2.24) is 5.48 Å². The molecule has 0 radical (unpaired) electrons. The highest BCUT2D eigenvalue weighted by molar-refractivity contribution is 8.13. The van der Waals surface area contributed by atoms with Crippen LogP contribution in [0, 0.1) is 5.92 Å². The molecule has 0 aromatic heterocycles. The fourth-order valence-corrected chi connectivity index (χ4v) is 10.8. The van der Waals surface area contributed by atoms with Crippen LogP contribution in [0.15, 0.2) is 0 Å². The molecular weight excluding hydrogens is 723 g/mol. The monoisotopic (exact) mass is 816 g/mol. The van der Waals surface area contributed by atoms with Crippen molar-refractivity contribution >= 4 is 25.7 Å². The van der Waals surface area contributed by atoms with Crippen LogP contribution in [0.1, 0.15) is 226 Å². The molecule has 1 saturated heterocycles. The summed E-state index contributed by atoms with van der Waals surface area (Å²) >= 11 is 1.48. The van der Waals surface area contributed by atoms with Crippen molar-refractivity contribution in [3.05, 3.63) is 0 Å². The predicted octanol–water partition coefficient (Wildman–Crippen LogP) is 13.9. The van der Waals surface area contributed by atoms with Crippen LogP contribution in [0.5, 0.6) is 0 Å². The van der Waals surface area contributed by atoms with E-state index in [-0.39, 0.29) is 0 Å². The number of hydroxylamine groups is 1. The highest BCUT2D eigenvalue weighted by Crippen LogP contribution is 2.25. The van der Waals surface area contributed by atoms with Crippen LogP contribution in [0.4, 0.5) is 0 Å². The molecule has 0 aromatic carbocycles. The van der Waals surface area contributed by atoms with Crippen molar-refractivity contribution in [1.29, 1.82) is 0 Å². The SMILES string of the molecule is CCCCCCCCCCCCCCCC(=O)SCCC[Si]1(OCCOCCOCCCC)OCCC(CCCCCCCCCCCCCCC)CNO1. The Balaban J connectivity index is 2.26. The molecule has 7 nitrogen and oxygen atoms in total. The van der Waals surface area contributed by atoms with Gasteiger partial charge in [0.25, 0.3) is 0 Å². The molecule has 2 unspecified atom stereocenters. The van der Waals surface area contributed by atoms with Crippen LogP contribution in [-0.4, -0.2) is 65.9 Å². The molecule has 0 aliphatic carbocycles. The lowest BCUT2D eigenvalue weighted by Crippen LogP contribution is -2.52. The van der Waals surface area contributed by atoms with E-state index in [1.54, 1.807) is 0 Å². The summed E-state index contributed by atoms with van der Waals surface area (Å²) in [6.07, 6.45) is 41.3. The molecule has 1 heterocycles. The molecule has 1 rings (SSSR count). The number of rotatable bonds is 42. The minimum absolute atomic E-state index is 0.322. The molecular formula is C46H93NO6SSi. The Morgan fingerprint density at radius 2 is 1.05 bits per heavy atom. The Morgan fingerprint density at radius 1 is 0.582 bits per heavy atom. The molecule has 2 atom stereocenters. The molecule has 55 heavy (non-hydrogen) atoms. The van der Waals surface area contributed by atoms with Gasteiger partial charge >= 0.3 is 8.80 Å². The quantitative estimate of drug-likeness (QED) is 0.0482. The Morgan fingerprint density at radius 3 is 1.60 bits per heavy atom. The third-order valence-corrected chi connectivity index (χ3v) is 14.8. The van der Waals surface area contributed by atoms with E-state index < -0.39 is 8.80 Å². The van der Waals surface area contributed by atoms with Gasteiger partial charge in [-0.05, 0) is 38.0 Å². The summed E-state index contributed by atoms with van der Waals surface area (Å²) in [5, 5.41) is 0.322. The zero-order valence-electron chi connectivity index (χ0n) is 36.9. The van der Waals surface area contributed by atoms with Crippen LogP contribution < -0.4 is 5.48 Å². The van der Waals surface area contributed by atoms with E-state index >= 15 is 0 Å². The number of unbranched alkanes of at least 4 members (excludes halogenated alkanes) is 25. The first-order valence-electron chi connectivity index (χ1n) is 24.2. The summed E-state index contributed by atoms with van der Waals surface area (Å²) in [6.45, 7) is 11.2. The van der Waals surface area contributed by atoms with Crippen molar-refractivity contribution in [3.8, 4) is 0 Å². The molecule has 0 aromatic rings. The normalized spacial score (nSPS) is 17.8. The maximum absolute atomic E-state index is 12.6. The highest BCUT2D eigenvalue weighted by Gasteiger charge is 2.42. The number of carbonyl (C=O) groups excluding carboxylic acids is 1. The van der Waals surface area contributed by atoms with Gasteiger partial charge < -0.3 is 18.3 Å². The Labute approximate surface area is 347 Å². The van der Waals surface area contributed by atoms with Crippen molar-refractivity contribution in [2.24, 2.45) is 5.92 Å². The minimum Gasteiger partial charge on any atom is -0.379 e. The molecule has 1 aliphatic heterocycles. The number of carbonyl (C=O) groups is 1. The Bertz CT molecular complexity index is 786. The van der Waals surface area contributed by atoms with E-state index in [2.05, 4.69) is 26.3 Å². The van der Waals surface area contributed by atoms with Gasteiger partial charge in [0.05, 0.1) is 26.4 Å². The first-order chi connectivity index (χ1) is 27.2. The standard InChI is InChI=1S/C46H93NO6SSi/c1-4-7-10-12-14-16-18-20-22-24-26-28-30-33-45-35-37-51-55(53-47-44-45,52-41-40-50-39-38-49-36-9-6-3)43-32-42-54-46(48)34-31-29-27-25-23-21-19-17-15-13-11-8-5-2/h45,47H,4-44H2,1-3H3. The average Bonchev–Trinajstić information content (AvgIpc) is 3.18. The van der Waals surface area contributed by atoms with E-state index in [9.17, 15) is 4.79 Å². The molecule has 1 N–H and O–H groups in total.